The SMILES string of the molecule is CC(=O)N(C)CCN(CCC12CCC3C(CCC4C3(C)CCC3C(C)(C)C(OC(=O)CC(C)(C)C(=O)O)CCC34C)C1=C(C(C)C)C(=O)C2)CC1CC1.CC(=O)O. The van der Waals surface area contributed by atoms with Gasteiger partial charge in [-0.3, -0.25) is 24.0 Å². The molecule has 2 N–H and O–H groups in total. The van der Waals surface area contributed by atoms with Crippen LogP contribution in [0.2, 0.25) is 0 Å². The molecule has 8 unspecified atom stereocenters. The average Bonchev–Trinajstić information content (AvgIpc) is 3.85. The Kier molecular flexibility index (Phi) is 13.3. The van der Waals surface area contributed by atoms with Crippen LogP contribution in [0.15, 0.2) is 11.1 Å². The van der Waals surface area contributed by atoms with E-state index in [1.54, 1.807) is 26.3 Å². The van der Waals surface area contributed by atoms with Gasteiger partial charge >= 0.3 is 11.9 Å². The highest BCUT2D eigenvalue weighted by Crippen LogP contribution is 2.73. The Morgan fingerprint density at radius 3 is 2.05 bits per heavy atom. The van der Waals surface area contributed by atoms with E-state index in [1.165, 1.54) is 37.7 Å². The second-order valence-electron chi connectivity index (χ2n) is 21.5. The Labute approximate surface area is 343 Å². The number of allylic oxidation sites excluding steroid dienone is 2. The smallest absolute Gasteiger partial charge is 0.309 e. The van der Waals surface area contributed by atoms with E-state index in [0.717, 1.165) is 77.5 Å². The number of nitrogens with zero attached hydrogens (tertiary/aromatic N) is 2. The molecular weight excluding hydrogens is 721 g/mol. The lowest BCUT2D eigenvalue weighted by atomic mass is 9.36. The summed E-state index contributed by atoms with van der Waals surface area (Å²) in [5, 5.41) is 17.0. The third kappa shape index (κ3) is 9.06. The zero-order chi connectivity index (χ0) is 42.5. The standard InChI is InChI=1S/C45H72N2O6.C2H4O2/c1-28(2)38-33(49)25-45(21-22-47(27-30-11-12-30)24-23-46(10)29(3)48)20-15-32-31(39(38)45)13-14-35-43(32,8)18-16-34-42(6,7)36(17-19-44(34,35)9)53-37(50)26-41(4,5)40(51)52;1-2(3)4/h28,30-32,34-36H,11-27H2,1-10H3,(H,51,52);1H3,(H,3,4). The molecule has 0 aromatic heterocycles. The first kappa shape index (κ1) is 45.3. The zero-order valence-corrected chi connectivity index (χ0v) is 37.3. The number of likely N-dealkylation sites (N-methyl/N-ethyl adjacent to an activating group) is 1. The van der Waals surface area contributed by atoms with Gasteiger partial charge in [0.15, 0.2) is 5.78 Å². The molecule has 0 radical (unpaired) electrons. The maximum absolute atomic E-state index is 14.1. The van der Waals surface area contributed by atoms with Crippen molar-refractivity contribution in [3.05, 3.63) is 11.1 Å². The number of hydrogen-bond acceptors (Lipinski definition) is 7. The lowest BCUT2D eigenvalue weighted by Crippen LogP contribution is -2.63. The second kappa shape index (κ2) is 16.7. The van der Waals surface area contributed by atoms with Crippen LogP contribution in [-0.2, 0) is 28.7 Å². The number of ether oxygens (including phenoxy) is 1. The van der Waals surface area contributed by atoms with E-state index in [1.807, 2.05) is 11.9 Å². The van der Waals surface area contributed by atoms with Gasteiger partial charge in [0.25, 0.3) is 5.97 Å². The number of fused-ring (bicyclic) bond motifs is 7. The van der Waals surface area contributed by atoms with Crippen molar-refractivity contribution in [1.29, 1.82) is 0 Å². The van der Waals surface area contributed by atoms with Crippen LogP contribution < -0.4 is 0 Å². The molecule has 6 aliphatic rings. The van der Waals surface area contributed by atoms with Crippen LogP contribution in [0.4, 0.5) is 0 Å². The van der Waals surface area contributed by atoms with E-state index in [0.29, 0.717) is 35.9 Å². The zero-order valence-electron chi connectivity index (χ0n) is 37.3. The summed E-state index contributed by atoms with van der Waals surface area (Å²) in [5.41, 5.74) is 1.68. The minimum atomic E-state index is -1.15. The van der Waals surface area contributed by atoms with Gasteiger partial charge < -0.3 is 24.7 Å². The van der Waals surface area contributed by atoms with Crippen molar-refractivity contribution >= 4 is 29.6 Å². The van der Waals surface area contributed by atoms with Gasteiger partial charge in [-0.15, -0.1) is 0 Å². The summed E-state index contributed by atoms with van der Waals surface area (Å²) in [6.07, 6.45) is 12.8. The molecule has 8 atom stereocenters. The number of rotatable bonds is 13. The Bertz CT molecular complexity index is 1590. The summed E-state index contributed by atoms with van der Waals surface area (Å²) in [4.78, 5) is 64.4. The van der Waals surface area contributed by atoms with Gasteiger partial charge in [-0.25, -0.2) is 0 Å². The van der Waals surface area contributed by atoms with E-state index in [2.05, 4.69) is 46.4 Å². The quantitative estimate of drug-likeness (QED) is 0.175. The highest BCUT2D eigenvalue weighted by molar-refractivity contribution is 6.00. The van der Waals surface area contributed by atoms with Crippen molar-refractivity contribution in [1.82, 2.24) is 9.80 Å². The van der Waals surface area contributed by atoms with Gasteiger partial charge in [0.2, 0.25) is 5.91 Å². The van der Waals surface area contributed by atoms with E-state index in [4.69, 9.17) is 14.6 Å². The fourth-order valence-electron chi connectivity index (χ4n) is 13.3. The number of hydrogen-bond donors (Lipinski definition) is 2. The molecule has 5 fully saturated rings. The summed E-state index contributed by atoms with van der Waals surface area (Å²) in [7, 11) is 1.90. The predicted octanol–water partition coefficient (Wildman–Crippen LogP) is 8.66. The third-order valence-corrected chi connectivity index (χ3v) is 16.5. The van der Waals surface area contributed by atoms with Gasteiger partial charge in [0.1, 0.15) is 6.10 Å². The molecule has 6 rings (SSSR count). The Balaban J connectivity index is 0.00000148. The van der Waals surface area contributed by atoms with E-state index in [9.17, 15) is 24.3 Å². The molecule has 322 valence electrons. The number of Topliss-reactive ketones (excluding diaryl/α,β-unsaturated/α-hetero) is 1. The number of carboxylic acid groups (broad SMARTS) is 2. The summed E-state index contributed by atoms with van der Waals surface area (Å²) in [6, 6.07) is 0. The number of amides is 1. The molecule has 0 bridgehead atoms. The van der Waals surface area contributed by atoms with E-state index >= 15 is 0 Å². The Hall–Kier alpha value is -2.75. The van der Waals surface area contributed by atoms with Crippen LogP contribution in [-0.4, -0.2) is 88.9 Å². The molecule has 5 saturated carbocycles. The number of esters is 1. The van der Waals surface area contributed by atoms with Gasteiger partial charge in [-0.1, -0.05) is 47.1 Å². The van der Waals surface area contributed by atoms with E-state index in [-0.39, 0.29) is 46.0 Å². The average molecular weight is 797 g/mol. The molecule has 0 aromatic carbocycles. The summed E-state index contributed by atoms with van der Waals surface area (Å²) >= 11 is 0. The van der Waals surface area contributed by atoms with Crippen molar-refractivity contribution in [2.75, 3.05) is 33.2 Å². The lowest BCUT2D eigenvalue weighted by molar-refractivity contribution is -0.214. The number of carboxylic acids is 2. The third-order valence-electron chi connectivity index (χ3n) is 16.5. The van der Waals surface area contributed by atoms with Crippen molar-refractivity contribution < 1.29 is 38.9 Å². The first-order chi connectivity index (χ1) is 26.4. The highest BCUT2D eigenvalue weighted by Gasteiger charge is 2.66. The van der Waals surface area contributed by atoms with Crippen LogP contribution in [0.1, 0.15) is 153 Å². The van der Waals surface area contributed by atoms with Gasteiger partial charge in [-0.2, -0.15) is 0 Å². The Morgan fingerprint density at radius 1 is 0.842 bits per heavy atom. The van der Waals surface area contributed by atoms with Gasteiger partial charge in [-0.05, 0) is 143 Å². The number of carbonyl (C=O) groups is 5. The lowest BCUT2D eigenvalue weighted by Gasteiger charge is -2.69. The molecule has 10 heteroatoms. The summed E-state index contributed by atoms with van der Waals surface area (Å²) in [5.74, 6) is 1.38. The monoisotopic (exact) mass is 797 g/mol. The predicted molar refractivity (Wildman–Crippen MR) is 221 cm³/mol. The van der Waals surface area contributed by atoms with Crippen LogP contribution in [0, 0.1) is 62.6 Å². The normalized spacial score (nSPS) is 34.3. The topological polar surface area (TPSA) is 142 Å². The molecule has 0 heterocycles. The molecular formula is C47H76N2O8. The maximum atomic E-state index is 14.1. The molecule has 6 aliphatic carbocycles. The van der Waals surface area contributed by atoms with Crippen LogP contribution in [0.5, 0.6) is 0 Å². The van der Waals surface area contributed by atoms with Crippen LogP contribution in [0.25, 0.3) is 0 Å². The minimum absolute atomic E-state index is 0.0322. The largest absolute Gasteiger partial charge is 0.481 e. The van der Waals surface area contributed by atoms with Crippen LogP contribution in [0.3, 0.4) is 0 Å². The van der Waals surface area contributed by atoms with E-state index < -0.39 is 23.3 Å². The molecule has 57 heavy (non-hydrogen) atoms. The fraction of sp³-hybridized carbons (Fsp3) is 0.851. The highest BCUT2D eigenvalue weighted by atomic mass is 16.5. The summed E-state index contributed by atoms with van der Waals surface area (Å²) < 4.78 is 6.18. The van der Waals surface area contributed by atoms with Crippen molar-refractivity contribution in [2.45, 2.75) is 159 Å². The number of ketones is 1. The second-order valence-corrected chi connectivity index (χ2v) is 21.5. The Morgan fingerprint density at radius 2 is 1.47 bits per heavy atom. The minimum Gasteiger partial charge on any atom is -0.481 e. The summed E-state index contributed by atoms with van der Waals surface area (Å²) in [6.45, 7) is 23.9. The molecule has 0 aliphatic heterocycles. The number of aliphatic carboxylic acids is 2. The first-order valence-corrected chi connectivity index (χ1v) is 22.2. The maximum Gasteiger partial charge on any atom is 0.309 e. The number of carbonyl (C=O) groups excluding carboxylic acids is 3. The van der Waals surface area contributed by atoms with Gasteiger partial charge in [0, 0.05) is 57.8 Å². The molecule has 0 spiro atoms. The first-order valence-electron chi connectivity index (χ1n) is 22.2. The van der Waals surface area contributed by atoms with Crippen molar-refractivity contribution in [3.63, 3.8) is 0 Å². The molecule has 0 saturated heterocycles. The van der Waals surface area contributed by atoms with Crippen LogP contribution >= 0.6 is 0 Å². The van der Waals surface area contributed by atoms with Crippen molar-refractivity contribution in [2.24, 2.45) is 62.6 Å². The van der Waals surface area contributed by atoms with Crippen molar-refractivity contribution in [3.8, 4) is 0 Å². The molecule has 0 aromatic rings. The van der Waals surface area contributed by atoms with Gasteiger partial charge in [0.05, 0.1) is 11.8 Å². The fourth-order valence-corrected chi connectivity index (χ4v) is 13.3. The molecule has 1 amide bonds. The molecule has 10 nitrogen and oxygen atoms in total.